The zero-order chi connectivity index (χ0) is 17.4. The van der Waals surface area contributed by atoms with E-state index in [9.17, 15) is 4.79 Å². The molecule has 0 unspecified atom stereocenters. The molecule has 3 aromatic rings. The molecule has 0 atom stereocenters. The third-order valence-corrected chi connectivity index (χ3v) is 4.42. The van der Waals surface area contributed by atoms with E-state index in [4.69, 9.17) is 9.84 Å². The number of ether oxygens (including phenoxy) is 1. The molecule has 0 saturated heterocycles. The van der Waals surface area contributed by atoms with E-state index in [1.807, 2.05) is 40.9 Å². The van der Waals surface area contributed by atoms with Crippen LogP contribution in [0.25, 0.3) is 16.9 Å². The van der Waals surface area contributed by atoms with Gasteiger partial charge in [0.15, 0.2) is 17.2 Å². The van der Waals surface area contributed by atoms with Gasteiger partial charge in [-0.2, -0.15) is 5.10 Å². The van der Waals surface area contributed by atoms with E-state index in [0.29, 0.717) is 12.5 Å². The molecule has 4 rings (SSSR count). The zero-order valence-electron chi connectivity index (χ0n) is 14.3. The molecule has 0 spiro atoms. The molecule has 6 nitrogen and oxygen atoms in total. The number of hydrogen-bond donors (Lipinski definition) is 1. The van der Waals surface area contributed by atoms with Crippen molar-refractivity contribution in [1.82, 2.24) is 19.9 Å². The van der Waals surface area contributed by atoms with Crippen LogP contribution in [0.4, 0.5) is 0 Å². The van der Waals surface area contributed by atoms with E-state index in [1.165, 1.54) is 6.92 Å². The lowest BCUT2D eigenvalue weighted by molar-refractivity contribution is -0.119. The second kappa shape index (κ2) is 6.20. The Morgan fingerprint density at radius 3 is 2.64 bits per heavy atom. The lowest BCUT2D eigenvalue weighted by atomic mass is 10.1. The number of nitrogens with zero attached hydrogens (tertiary/aromatic N) is 3. The molecule has 1 aliphatic carbocycles. The van der Waals surface area contributed by atoms with E-state index < -0.39 is 0 Å². The van der Waals surface area contributed by atoms with Gasteiger partial charge in [0.1, 0.15) is 0 Å². The molecule has 128 valence electrons. The van der Waals surface area contributed by atoms with E-state index in [0.717, 1.165) is 46.9 Å². The fourth-order valence-electron chi connectivity index (χ4n) is 2.87. The molecule has 1 fully saturated rings. The predicted molar refractivity (Wildman–Crippen MR) is 94.5 cm³/mol. The number of carbonyl (C=O) groups is 1. The van der Waals surface area contributed by atoms with Crippen molar-refractivity contribution in [2.45, 2.75) is 32.2 Å². The van der Waals surface area contributed by atoms with Crippen LogP contribution in [0.5, 0.6) is 5.75 Å². The monoisotopic (exact) mass is 336 g/mol. The number of benzene rings is 1. The first kappa shape index (κ1) is 15.6. The van der Waals surface area contributed by atoms with E-state index >= 15 is 0 Å². The van der Waals surface area contributed by atoms with Crippen LogP contribution in [0.15, 0.2) is 36.4 Å². The summed E-state index contributed by atoms with van der Waals surface area (Å²) in [5.74, 6) is 2.08. The highest BCUT2D eigenvalue weighted by Gasteiger charge is 2.29. The number of fused-ring (bicyclic) bond motifs is 1. The summed E-state index contributed by atoms with van der Waals surface area (Å²) in [4.78, 5) is 15.7. The molecular weight excluding hydrogens is 316 g/mol. The molecule has 25 heavy (non-hydrogen) atoms. The first-order valence-electron chi connectivity index (χ1n) is 8.43. The van der Waals surface area contributed by atoms with Crippen molar-refractivity contribution >= 4 is 11.6 Å². The standard InChI is InChI=1S/C19H20N4O2/c1-12(24)20-11-13-3-5-14(6-4-13)16-9-10-17(25-2)19-21-18(15-7-8-15)22-23(16)19/h3-6,9-10,15H,7-8,11H2,1-2H3,(H,20,24). The summed E-state index contributed by atoms with van der Waals surface area (Å²) in [6.07, 6.45) is 2.32. The fraction of sp³-hybridized carbons (Fsp3) is 0.316. The number of pyridine rings is 1. The Balaban J connectivity index is 1.72. The van der Waals surface area contributed by atoms with Crippen molar-refractivity contribution in [3.8, 4) is 17.0 Å². The quantitative estimate of drug-likeness (QED) is 0.778. The van der Waals surface area contributed by atoms with Gasteiger partial charge in [-0.15, -0.1) is 0 Å². The highest BCUT2D eigenvalue weighted by Crippen LogP contribution is 2.39. The first-order chi connectivity index (χ1) is 12.2. The smallest absolute Gasteiger partial charge is 0.217 e. The molecule has 1 amide bonds. The number of aromatic nitrogens is 3. The number of methoxy groups -OCH3 is 1. The van der Waals surface area contributed by atoms with Crippen molar-refractivity contribution in [3.63, 3.8) is 0 Å². The van der Waals surface area contributed by atoms with Gasteiger partial charge in [-0.3, -0.25) is 4.79 Å². The average molecular weight is 336 g/mol. The highest BCUT2D eigenvalue weighted by molar-refractivity contribution is 5.73. The SMILES string of the molecule is COc1ccc(-c2ccc(CNC(C)=O)cc2)n2nc(C3CC3)nc12. The molecule has 1 saturated carbocycles. The van der Waals surface area contributed by atoms with Crippen LogP contribution < -0.4 is 10.1 Å². The molecule has 1 aromatic carbocycles. The Labute approximate surface area is 145 Å². The van der Waals surface area contributed by atoms with E-state index in [1.54, 1.807) is 7.11 Å². The number of nitrogens with one attached hydrogen (secondary N) is 1. The maximum atomic E-state index is 11.0. The second-order valence-electron chi connectivity index (χ2n) is 6.37. The summed E-state index contributed by atoms with van der Waals surface area (Å²) in [7, 11) is 1.65. The summed E-state index contributed by atoms with van der Waals surface area (Å²) >= 11 is 0. The highest BCUT2D eigenvalue weighted by atomic mass is 16.5. The summed E-state index contributed by atoms with van der Waals surface area (Å²) in [6.45, 7) is 2.05. The first-order valence-corrected chi connectivity index (χ1v) is 8.43. The molecule has 1 aliphatic rings. The summed E-state index contributed by atoms with van der Waals surface area (Å²) < 4.78 is 7.31. The Hall–Kier alpha value is -2.89. The second-order valence-corrected chi connectivity index (χ2v) is 6.37. The van der Waals surface area contributed by atoms with Gasteiger partial charge in [0.2, 0.25) is 5.91 Å². The predicted octanol–water partition coefficient (Wildman–Crippen LogP) is 2.92. The molecule has 2 heterocycles. The van der Waals surface area contributed by atoms with Crippen LogP contribution in [0.3, 0.4) is 0 Å². The number of rotatable bonds is 5. The van der Waals surface area contributed by atoms with Crippen LogP contribution in [-0.2, 0) is 11.3 Å². The molecule has 6 heteroatoms. The Morgan fingerprint density at radius 1 is 1.24 bits per heavy atom. The van der Waals surface area contributed by atoms with Crippen LogP contribution in [0.2, 0.25) is 0 Å². The number of hydrogen-bond acceptors (Lipinski definition) is 4. The molecule has 0 bridgehead atoms. The van der Waals surface area contributed by atoms with Gasteiger partial charge in [-0.25, -0.2) is 9.50 Å². The van der Waals surface area contributed by atoms with E-state index in [2.05, 4.69) is 10.3 Å². The minimum absolute atomic E-state index is 0.0313. The van der Waals surface area contributed by atoms with Gasteiger partial charge in [0, 0.05) is 24.9 Å². The van der Waals surface area contributed by atoms with Crippen LogP contribution in [-0.4, -0.2) is 27.6 Å². The lowest BCUT2D eigenvalue weighted by Gasteiger charge is -2.08. The van der Waals surface area contributed by atoms with Crippen LogP contribution in [0.1, 0.15) is 37.1 Å². The molecule has 2 aromatic heterocycles. The average Bonchev–Trinajstić information content (AvgIpc) is 3.38. The number of amides is 1. The van der Waals surface area contributed by atoms with Crippen molar-refractivity contribution < 1.29 is 9.53 Å². The summed E-state index contributed by atoms with van der Waals surface area (Å²) in [6, 6.07) is 12.0. The maximum Gasteiger partial charge on any atom is 0.217 e. The third-order valence-electron chi connectivity index (χ3n) is 4.42. The van der Waals surface area contributed by atoms with Gasteiger partial charge in [0.05, 0.1) is 12.8 Å². The van der Waals surface area contributed by atoms with Gasteiger partial charge in [0.25, 0.3) is 0 Å². The maximum absolute atomic E-state index is 11.0. The topological polar surface area (TPSA) is 68.5 Å². The van der Waals surface area contributed by atoms with Gasteiger partial charge in [-0.05, 0) is 30.5 Å². The Bertz CT molecular complexity index is 926. The Kier molecular flexibility index (Phi) is 3.87. The van der Waals surface area contributed by atoms with Crippen molar-refractivity contribution in [3.05, 3.63) is 47.8 Å². The van der Waals surface area contributed by atoms with Gasteiger partial charge >= 0.3 is 0 Å². The zero-order valence-corrected chi connectivity index (χ0v) is 14.3. The minimum Gasteiger partial charge on any atom is -0.493 e. The van der Waals surface area contributed by atoms with Gasteiger partial charge < -0.3 is 10.1 Å². The molecule has 1 N–H and O–H groups in total. The molecular formula is C19H20N4O2. The third kappa shape index (κ3) is 3.07. The summed E-state index contributed by atoms with van der Waals surface area (Å²) in [5, 5.41) is 7.52. The molecule has 0 radical (unpaired) electrons. The fourth-order valence-corrected chi connectivity index (χ4v) is 2.87. The largest absolute Gasteiger partial charge is 0.493 e. The molecule has 0 aliphatic heterocycles. The van der Waals surface area contributed by atoms with Crippen molar-refractivity contribution in [2.24, 2.45) is 0 Å². The number of carbonyl (C=O) groups excluding carboxylic acids is 1. The van der Waals surface area contributed by atoms with Crippen molar-refractivity contribution in [2.75, 3.05) is 7.11 Å². The lowest BCUT2D eigenvalue weighted by Crippen LogP contribution is -2.18. The Morgan fingerprint density at radius 2 is 2.00 bits per heavy atom. The van der Waals surface area contributed by atoms with Gasteiger partial charge in [-0.1, -0.05) is 24.3 Å². The van der Waals surface area contributed by atoms with E-state index in [-0.39, 0.29) is 5.91 Å². The van der Waals surface area contributed by atoms with Crippen LogP contribution in [0, 0.1) is 0 Å². The minimum atomic E-state index is -0.0313. The van der Waals surface area contributed by atoms with Crippen molar-refractivity contribution in [1.29, 1.82) is 0 Å². The normalized spacial score (nSPS) is 13.8. The summed E-state index contributed by atoms with van der Waals surface area (Å²) in [5.41, 5.74) is 3.83. The van der Waals surface area contributed by atoms with Crippen LogP contribution >= 0.6 is 0 Å².